The zero-order valence-electron chi connectivity index (χ0n) is 12.2. The molecule has 0 aliphatic carbocycles. The van der Waals surface area contributed by atoms with E-state index in [4.69, 9.17) is 0 Å². The molecular formula is C15H18F5NO. The lowest BCUT2D eigenvalue weighted by Gasteiger charge is -2.09. The standard InChI is InChI=1S/C15H18F5NO/c1-2-3-4-5-6-7-8-9(22)21-15-13(19)11(17)10(16)12(18)14(15)20/h2-8H2,1H3,(H,21,22). The highest BCUT2D eigenvalue weighted by molar-refractivity contribution is 5.90. The van der Waals surface area contributed by atoms with Crippen molar-refractivity contribution >= 4 is 11.6 Å². The van der Waals surface area contributed by atoms with E-state index in [2.05, 4.69) is 6.92 Å². The van der Waals surface area contributed by atoms with Crippen molar-refractivity contribution in [2.24, 2.45) is 0 Å². The molecule has 22 heavy (non-hydrogen) atoms. The summed E-state index contributed by atoms with van der Waals surface area (Å²) in [7, 11) is 0. The molecule has 1 aromatic rings. The first-order chi connectivity index (χ1) is 10.4. The van der Waals surface area contributed by atoms with Gasteiger partial charge in [-0.2, -0.15) is 0 Å². The predicted octanol–water partition coefficient (Wildman–Crippen LogP) is 5.07. The fourth-order valence-electron chi connectivity index (χ4n) is 1.98. The van der Waals surface area contributed by atoms with E-state index in [1.54, 1.807) is 5.32 Å². The topological polar surface area (TPSA) is 29.1 Å². The number of hydrogen-bond donors (Lipinski definition) is 1. The third kappa shape index (κ3) is 4.68. The average Bonchev–Trinajstić information content (AvgIpc) is 2.51. The highest BCUT2D eigenvalue weighted by Gasteiger charge is 2.26. The van der Waals surface area contributed by atoms with Crippen LogP contribution in [0, 0.1) is 29.1 Å². The minimum Gasteiger partial charge on any atom is -0.321 e. The van der Waals surface area contributed by atoms with Crippen LogP contribution >= 0.6 is 0 Å². The summed E-state index contributed by atoms with van der Waals surface area (Å²) in [4.78, 5) is 11.5. The molecule has 2 nitrogen and oxygen atoms in total. The van der Waals surface area contributed by atoms with Gasteiger partial charge in [0.25, 0.3) is 0 Å². The largest absolute Gasteiger partial charge is 0.321 e. The molecule has 1 amide bonds. The van der Waals surface area contributed by atoms with E-state index in [9.17, 15) is 26.7 Å². The minimum atomic E-state index is -2.25. The lowest BCUT2D eigenvalue weighted by Crippen LogP contribution is -2.16. The van der Waals surface area contributed by atoms with Crippen LogP contribution in [0.15, 0.2) is 0 Å². The van der Waals surface area contributed by atoms with Crippen molar-refractivity contribution in [3.8, 4) is 0 Å². The van der Waals surface area contributed by atoms with E-state index >= 15 is 0 Å². The van der Waals surface area contributed by atoms with Crippen LogP contribution in [0.25, 0.3) is 0 Å². The van der Waals surface area contributed by atoms with Gasteiger partial charge in [0, 0.05) is 6.42 Å². The molecule has 0 saturated carbocycles. The Bertz CT molecular complexity index is 504. The van der Waals surface area contributed by atoms with Gasteiger partial charge >= 0.3 is 0 Å². The van der Waals surface area contributed by atoms with Gasteiger partial charge in [-0.05, 0) is 6.42 Å². The van der Waals surface area contributed by atoms with Crippen molar-refractivity contribution in [1.29, 1.82) is 0 Å². The van der Waals surface area contributed by atoms with E-state index in [0.717, 1.165) is 32.1 Å². The molecule has 0 bridgehead atoms. The summed E-state index contributed by atoms with van der Waals surface area (Å²) in [6, 6.07) is 0. The van der Waals surface area contributed by atoms with Gasteiger partial charge in [-0.3, -0.25) is 4.79 Å². The van der Waals surface area contributed by atoms with Gasteiger partial charge in [-0.1, -0.05) is 39.0 Å². The molecule has 0 fully saturated rings. The van der Waals surface area contributed by atoms with Crippen LogP contribution in [-0.2, 0) is 4.79 Å². The fraction of sp³-hybridized carbons (Fsp3) is 0.533. The van der Waals surface area contributed by atoms with Crippen LogP contribution in [0.2, 0.25) is 0 Å². The zero-order chi connectivity index (χ0) is 16.7. The number of amides is 1. The molecule has 1 rings (SSSR count). The summed E-state index contributed by atoms with van der Waals surface area (Å²) in [6.45, 7) is 2.07. The van der Waals surface area contributed by atoms with Crippen molar-refractivity contribution in [1.82, 2.24) is 0 Å². The lowest BCUT2D eigenvalue weighted by molar-refractivity contribution is -0.116. The maximum atomic E-state index is 13.4. The molecule has 0 unspecified atom stereocenters. The van der Waals surface area contributed by atoms with Crippen LogP contribution in [0.3, 0.4) is 0 Å². The van der Waals surface area contributed by atoms with E-state index in [-0.39, 0.29) is 6.42 Å². The average molecular weight is 323 g/mol. The minimum absolute atomic E-state index is 0.0361. The van der Waals surface area contributed by atoms with Crippen molar-refractivity contribution < 1.29 is 26.7 Å². The quantitative estimate of drug-likeness (QED) is 0.308. The summed E-state index contributed by atoms with van der Waals surface area (Å²) in [5, 5.41) is 1.75. The molecule has 0 aliphatic rings. The van der Waals surface area contributed by atoms with Crippen molar-refractivity contribution in [3.05, 3.63) is 29.1 Å². The van der Waals surface area contributed by atoms with Crippen LogP contribution in [0.5, 0.6) is 0 Å². The van der Waals surface area contributed by atoms with Gasteiger partial charge < -0.3 is 5.32 Å². The first-order valence-electron chi connectivity index (χ1n) is 7.21. The van der Waals surface area contributed by atoms with Gasteiger partial charge in [0.05, 0.1) is 0 Å². The van der Waals surface area contributed by atoms with E-state index in [1.807, 2.05) is 0 Å². The summed E-state index contributed by atoms with van der Waals surface area (Å²) >= 11 is 0. The number of nitrogens with one attached hydrogen (secondary N) is 1. The summed E-state index contributed by atoms with van der Waals surface area (Å²) in [6.07, 6.45) is 5.37. The molecule has 0 aliphatic heterocycles. The lowest BCUT2D eigenvalue weighted by atomic mass is 10.1. The SMILES string of the molecule is CCCCCCCCC(=O)Nc1c(F)c(F)c(F)c(F)c1F. The molecule has 1 aromatic carbocycles. The second kappa shape index (κ2) is 8.70. The molecular weight excluding hydrogens is 305 g/mol. The van der Waals surface area contributed by atoms with Gasteiger partial charge in [-0.25, -0.2) is 22.0 Å². The van der Waals surface area contributed by atoms with E-state index in [0.29, 0.717) is 6.42 Å². The van der Waals surface area contributed by atoms with E-state index < -0.39 is 40.7 Å². The summed E-state index contributed by atoms with van der Waals surface area (Å²) < 4.78 is 65.5. The molecule has 0 saturated heterocycles. The van der Waals surface area contributed by atoms with Crippen LogP contribution < -0.4 is 5.32 Å². The maximum absolute atomic E-state index is 13.4. The zero-order valence-corrected chi connectivity index (χ0v) is 12.2. The second-order valence-electron chi connectivity index (χ2n) is 5.01. The summed E-state index contributed by atoms with van der Waals surface area (Å²) in [5.74, 6) is -11.2. The number of carbonyl (C=O) groups is 1. The van der Waals surface area contributed by atoms with Gasteiger partial charge in [0.2, 0.25) is 11.7 Å². The summed E-state index contributed by atoms with van der Waals surface area (Å²) in [5.41, 5.74) is -1.30. The Kier molecular flexibility index (Phi) is 7.27. The number of carbonyl (C=O) groups excluding carboxylic acids is 1. The molecule has 0 spiro atoms. The van der Waals surface area contributed by atoms with E-state index in [1.165, 1.54) is 0 Å². The number of anilines is 1. The Morgan fingerprint density at radius 2 is 1.23 bits per heavy atom. The molecule has 124 valence electrons. The molecule has 0 heterocycles. The normalized spacial score (nSPS) is 10.8. The monoisotopic (exact) mass is 323 g/mol. The Balaban J connectivity index is 2.58. The third-order valence-electron chi connectivity index (χ3n) is 3.23. The number of hydrogen-bond acceptors (Lipinski definition) is 1. The predicted molar refractivity (Wildman–Crippen MR) is 72.9 cm³/mol. The molecule has 0 atom stereocenters. The Hall–Kier alpha value is -1.66. The van der Waals surface area contributed by atoms with Crippen LogP contribution in [0.1, 0.15) is 51.9 Å². The number of unbranched alkanes of at least 4 members (excludes halogenated alkanes) is 5. The highest BCUT2D eigenvalue weighted by Crippen LogP contribution is 2.27. The number of halogens is 5. The fourth-order valence-corrected chi connectivity index (χ4v) is 1.98. The van der Waals surface area contributed by atoms with Gasteiger partial charge in [0.1, 0.15) is 5.69 Å². The van der Waals surface area contributed by atoms with Crippen LogP contribution in [-0.4, -0.2) is 5.91 Å². The Morgan fingerprint density at radius 3 is 1.77 bits per heavy atom. The molecule has 7 heteroatoms. The van der Waals surface area contributed by atoms with Crippen LogP contribution in [0.4, 0.5) is 27.6 Å². The number of rotatable bonds is 8. The molecule has 1 N–H and O–H groups in total. The van der Waals surface area contributed by atoms with Gasteiger partial charge in [0.15, 0.2) is 23.3 Å². The smallest absolute Gasteiger partial charge is 0.224 e. The first kappa shape index (κ1) is 18.4. The van der Waals surface area contributed by atoms with Crippen molar-refractivity contribution in [3.63, 3.8) is 0 Å². The van der Waals surface area contributed by atoms with Crippen molar-refractivity contribution in [2.75, 3.05) is 5.32 Å². The Morgan fingerprint density at radius 1 is 0.773 bits per heavy atom. The molecule has 0 aromatic heterocycles. The maximum Gasteiger partial charge on any atom is 0.224 e. The third-order valence-corrected chi connectivity index (χ3v) is 3.23. The first-order valence-corrected chi connectivity index (χ1v) is 7.21. The van der Waals surface area contributed by atoms with Crippen molar-refractivity contribution in [2.45, 2.75) is 51.9 Å². The number of benzene rings is 1. The Labute approximate surface area is 125 Å². The highest BCUT2D eigenvalue weighted by atomic mass is 19.2. The van der Waals surface area contributed by atoms with Gasteiger partial charge in [-0.15, -0.1) is 0 Å². The second-order valence-corrected chi connectivity index (χ2v) is 5.01. The molecule has 0 radical (unpaired) electrons.